The average Bonchev–Trinajstić information content (AvgIpc) is 3.32. The van der Waals surface area contributed by atoms with Gasteiger partial charge in [-0.3, -0.25) is 19.3 Å². The van der Waals surface area contributed by atoms with E-state index in [1.165, 1.54) is 16.6 Å². The van der Waals surface area contributed by atoms with Crippen LogP contribution in [-0.2, 0) is 16.6 Å². The van der Waals surface area contributed by atoms with E-state index in [4.69, 9.17) is 58.0 Å². The van der Waals surface area contributed by atoms with Crippen molar-refractivity contribution < 1.29 is 31.5 Å². The number of carbonyl (C=O) groups excluding carboxylic acids is 2. The number of rotatable bonds is 0. The normalized spacial score (nSPS) is 24.5. The number of fused-ring (bicyclic) bond motifs is 1. The van der Waals surface area contributed by atoms with Gasteiger partial charge in [0.2, 0.25) is 11.8 Å². The lowest BCUT2D eigenvalue weighted by Gasteiger charge is -2.34. The molecule has 2 fully saturated rings. The van der Waals surface area contributed by atoms with Crippen molar-refractivity contribution in [1.29, 1.82) is 0 Å². The fraction of sp³-hybridized carbons (Fsp3) is 0.444. The Kier molecular flexibility index (Phi) is 14.1. The van der Waals surface area contributed by atoms with E-state index in [1.807, 2.05) is 12.1 Å². The zero-order chi connectivity index (χ0) is 33.6. The lowest BCUT2D eigenvalue weighted by Crippen LogP contribution is -2.52. The molecule has 2 heterocycles. The fourth-order valence-electron chi connectivity index (χ4n) is 3.76. The van der Waals surface area contributed by atoms with E-state index in [2.05, 4.69) is 10.3 Å². The summed E-state index contributed by atoms with van der Waals surface area (Å²) in [5, 5.41) is 9.48. The molecule has 3 aromatic rings. The first-order valence-electron chi connectivity index (χ1n) is 12.7. The Bertz CT molecular complexity index is 1390. The molecule has 0 bridgehead atoms. The maximum atomic E-state index is 12.6. The first-order valence-corrected chi connectivity index (χ1v) is 14.6. The molecule has 5 rings (SSSR count). The van der Waals surface area contributed by atoms with Crippen molar-refractivity contribution in [2.45, 2.75) is 57.5 Å². The second-order valence-corrected chi connectivity index (χ2v) is 11.5. The van der Waals surface area contributed by atoms with Crippen molar-refractivity contribution in [1.82, 2.24) is 19.9 Å². The highest BCUT2D eigenvalue weighted by atomic mass is 35.5. The molecule has 242 valence electrons. The van der Waals surface area contributed by atoms with Crippen LogP contribution in [0.25, 0.3) is 10.9 Å². The molecule has 1 saturated heterocycles. The Morgan fingerprint density at radius 3 is 1.55 bits per heavy atom. The molecular formula is C27H26Cl5F5N4O3. The number of nitrogens with zero attached hydrogens (tertiary/aromatic N) is 4. The van der Waals surface area contributed by atoms with Gasteiger partial charge in [-0.15, -0.1) is 5.10 Å². The summed E-state index contributed by atoms with van der Waals surface area (Å²) < 4.78 is 63.9. The average molecular weight is 727 g/mol. The summed E-state index contributed by atoms with van der Waals surface area (Å²) in [6.45, 7) is 2.75. The Morgan fingerprint density at radius 1 is 0.705 bits per heavy atom. The number of carbonyl (C=O) groups is 2. The molecule has 1 saturated carbocycles. The lowest BCUT2D eigenvalue weighted by atomic mass is 9.83. The second kappa shape index (κ2) is 16.4. The molecule has 1 aliphatic carbocycles. The number of aromatic nitrogens is 3. The molecule has 4 atom stereocenters. The SMILES string of the molecule is CC1C(F)C(F)C(F)C(F)C1F.CN1C(=O)CCC1=O.Cc1c(Cl)c(Cl)c(Cl)c(Cl)c1Cl.Cn1nnc2ccccc2c1=O. The molecule has 2 aliphatic rings. The van der Waals surface area contributed by atoms with Crippen molar-refractivity contribution in [3.8, 4) is 0 Å². The Morgan fingerprint density at radius 2 is 1.11 bits per heavy atom. The third-order valence-corrected chi connectivity index (χ3v) is 9.13. The highest BCUT2D eigenvalue weighted by Gasteiger charge is 2.51. The van der Waals surface area contributed by atoms with E-state index >= 15 is 0 Å². The van der Waals surface area contributed by atoms with E-state index < -0.39 is 36.8 Å². The molecule has 2 amide bonds. The molecule has 4 unspecified atom stereocenters. The van der Waals surface area contributed by atoms with Crippen molar-refractivity contribution in [3.63, 3.8) is 0 Å². The van der Waals surface area contributed by atoms with Crippen LogP contribution in [-0.4, -0.2) is 69.6 Å². The van der Waals surface area contributed by atoms with Gasteiger partial charge in [0.15, 0.2) is 18.5 Å². The lowest BCUT2D eigenvalue weighted by molar-refractivity contribution is -0.136. The van der Waals surface area contributed by atoms with Gasteiger partial charge in [0.05, 0.1) is 30.5 Å². The quantitative estimate of drug-likeness (QED) is 0.103. The molecule has 2 aromatic carbocycles. The number of amides is 2. The first-order chi connectivity index (χ1) is 20.4. The maximum Gasteiger partial charge on any atom is 0.277 e. The molecule has 1 aromatic heterocycles. The van der Waals surface area contributed by atoms with Crippen LogP contribution in [0, 0.1) is 12.8 Å². The van der Waals surface area contributed by atoms with Gasteiger partial charge in [0, 0.05) is 32.9 Å². The summed E-state index contributed by atoms with van der Waals surface area (Å²) in [5.41, 5.74) is 1.17. The molecule has 0 spiro atoms. The topological polar surface area (TPSA) is 85.2 Å². The zero-order valence-electron chi connectivity index (χ0n) is 23.5. The monoisotopic (exact) mass is 724 g/mol. The number of aryl methyl sites for hydroxylation is 1. The second-order valence-electron chi connectivity index (χ2n) is 9.66. The van der Waals surface area contributed by atoms with E-state index in [0.29, 0.717) is 39.4 Å². The number of hydrogen-bond acceptors (Lipinski definition) is 5. The number of benzene rings is 2. The number of hydrogen-bond donors (Lipinski definition) is 0. The van der Waals surface area contributed by atoms with Crippen molar-refractivity contribution in [2.24, 2.45) is 13.0 Å². The van der Waals surface area contributed by atoms with E-state index in [0.717, 1.165) is 6.92 Å². The van der Waals surface area contributed by atoms with Crippen LogP contribution in [0.2, 0.25) is 25.1 Å². The molecular weight excluding hydrogens is 701 g/mol. The van der Waals surface area contributed by atoms with Crippen LogP contribution in [0.1, 0.15) is 25.3 Å². The Labute approximate surface area is 274 Å². The first kappa shape index (κ1) is 37.9. The van der Waals surface area contributed by atoms with Gasteiger partial charge < -0.3 is 0 Å². The molecule has 1 aliphatic heterocycles. The third-order valence-electron chi connectivity index (χ3n) is 6.67. The summed E-state index contributed by atoms with van der Waals surface area (Å²) in [5.74, 6) is -1.54. The summed E-state index contributed by atoms with van der Waals surface area (Å²) >= 11 is 28.8. The van der Waals surface area contributed by atoms with Crippen LogP contribution < -0.4 is 5.56 Å². The highest BCUT2D eigenvalue weighted by molar-refractivity contribution is 6.55. The van der Waals surface area contributed by atoms with Crippen LogP contribution in [0.15, 0.2) is 29.1 Å². The van der Waals surface area contributed by atoms with Crippen molar-refractivity contribution in [2.75, 3.05) is 7.05 Å². The van der Waals surface area contributed by atoms with Gasteiger partial charge in [-0.25, -0.2) is 26.6 Å². The van der Waals surface area contributed by atoms with Crippen molar-refractivity contribution >= 4 is 80.7 Å². The maximum absolute atomic E-state index is 12.6. The molecule has 0 radical (unpaired) electrons. The smallest absolute Gasteiger partial charge is 0.277 e. The molecule has 7 nitrogen and oxygen atoms in total. The van der Waals surface area contributed by atoms with E-state index in [9.17, 15) is 36.3 Å². The standard InChI is InChI=1S/C8H7N3O.C7H3Cl5.C7H9F5.C5H7NO2/c1-11-8(12)6-4-2-3-5-7(6)9-10-11;2*1-2-3(8)5(10)7(12)6(11)4(2)9;1-6-4(7)2-3-5(6)8/h2-5H,1H3;1H3;2-7H,1H3;2-3H2,1H3. The van der Waals surface area contributed by atoms with Gasteiger partial charge in [0.25, 0.3) is 5.56 Å². The van der Waals surface area contributed by atoms with Crippen LogP contribution in [0.3, 0.4) is 0 Å². The molecule has 0 N–H and O–H groups in total. The van der Waals surface area contributed by atoms with Crippen LogP contribution in [0.5, 0.6) is 0 Å². The minimum Gasteiger partial charge on any atom is -0.286 e. The predicted molar refractivity (Wildman–Crippen MR) is 162 cm³/mol. The third kappa shape index (κ3) is 8.72. The molecule has 44 heavy (non-hydrogen) atoms. The van der Waals surface area contributed by atoms with Crippen LogP contribution >= 0.6 is 58.0 Å². The van der Waals surface area contributed by atoms with E-state index in [1.54, 1.807) is 26.1 Å². The van der Waals surface area contributed by atoms with Gasteiger partial charge in [-0.2, -0.15) is 0 Å². The minimum absolute atomic E-state index is 0.0602. The van der Waals surface area contributed by atoms with E-state index in [-0.39, 0.29) is 32.4 Å². The summed E-state index contributed by atoms with van der Waals surface area (Å²) in [4.78, 5) is 33.5. The zero-order valence-corrected chi connectivity index (χ0v) is 27.3. The number of alkyl halides is 5. The highest BCUT2D eigenvalue weighted by Crippen LogP contribution is 2.43. The van der Waals surface area contributed by atoms with Gasteiger partial charge >= 0.3 is 0 Å². The largest absolute Gasteiger partial charge is 0.286 e. The van der Waals surface area contributed by atoms with Gasteiger partial charge in [0.1, 0.15) is 17.9 Å². The number of likely N-dealkylation sites (tertiary alicyclic amines) is 1. The number of halogens is 10. The summed E-state index contributed by atoms with van der Waals surface area (Å²) in [7, 11) is 3.10. The summed E-state index contributed by atoms with van der Waals surface area (Å²) in [6, 6.07) is 7.15. The summed E-state index contributed by atoms with van der Waals surface area (Å²) in [6.07, 6.45) is -11.5. The van der Waals surface area contributed by atoms with Gasteiger partial charge in [-0.05, 0) is 24.6 Å². The number of imide groups is 1. The Balaban J connectivity index is 0.000000207. The predicted octanol–water partition coefficient (Wildman–Crippen LogP) is 7.68. The molecule has 17 heteroatoms. The van der Waals surface area contributed by atoms with Crippen molar-refractivity contribution in [3.05, 3.63) is 65.3 Å². The minimum atomic E-state index is -2.67. The van der Waals surface area contributed by atoms with Gasteiger partial charge in [-0.1, -0.05) is 82.3 Å². The fourth-order valence-corrected chi connectivity index (χ4v) is 4.99. The van der Waals surface area contributed by atoms with Crippen LogP contribution in [0.4, 0.5) is 22.0 Å². The Hall–Kier alpha value is -2.25.